The molecule has 2 atom stereocenters. The minimum absolute atomic E-state index is 0.0801. The molecule has 0 amide bonds. The number of pyridine rings is 1. The lowest BCUT2D eigenvalue weighted by atomic mass is 9.94. The van der Waals surface area contributed by atoms with Gasteiger partial charge in [0.15, 0.2) is 0 Å². The number of halogens is 2. The van der Waals surface area contributed by atoms with Crippen LogP contribution in [-0.4, -0.2) is 10.1 Å². The first-order valence-electron chi connectivity index (χ1n) is 5.63. The summed E-state index contributed by atoms with van der Waals surface area (Å²) in [5, 5.41) is 10.9. The first kappa shape index (κ1) is 13.5. The van der Waals surface area contributed by atoms with Crippen LogP contribution in [0.3, 0.4) is 0 Å². The molecule has 2 nitrogen and oxygen atoms in total. The molecule has 0 bridgehead atoms. The molecule has 0 aliphatic heterocycles. The molecule has 0 saturated heterocycles. The third-order valence-corrected chi connectivity index (χ3v) is 4.15. The highest BCUT2D eigenvalue weighted by atomic mass is 79.9. The van der Waals surface area contributed by atoms with Gasteiger partial charge in [-0.25, -0.2) is 0 Å². The molecule has 0 aliphatic rings. The van der Waals surface area contributed by atoms with Crippen LogP contribution in [0, 0.1) is 0 Å². The Morgan fingerprint density at radius 2 is 2.06 bits per heavy atom. The first-order chi connectivity index (χ1) is 8.59. The second-order valence-corrected chi connectivity index (χ2v) is 5.42. The fourth-order valence-electron chi connectivity index (χ4n) is 1.79. The number of hydrogen-bond acceptors (Lipinski definition) is 2. The van der Waals surface area contributed by atoms with Crippen LogP contribution in [0.5, 0.6) is 0 Å². The van der Waals surface area contributed by atoms with Crippen LogP contribution in [0.25, 0.3) is 0 Å². The zero-order valence-electron chi connectivity index (χ0n) is 9.85. The van der Waals surface area contributed by atoms with Gasteiger partial charge in [0, 0.05) is 22.3 Å². The predicted octanol–water partition coefficient (Wildman–Crippen LogP) is 4.33. The molecule has 0 fully saturated rings. The zero-order valence-corrected chi connectivity index (χ0v) is 12.2. The maximum atomic E-state index is 10.3. The van der Waals surface area contributed by atoms with Gasteiger partial charge in [-0.3, -0.25) is 4.98 Å². The highest BCUT2D eigenvalue weighted by Crippen LogP contribution is 2.32. The number of hydrogen-bond donors (Lipinski definition) is 1. The van der Waals surface area contributed by atoms with Crippen molar-refractivity contribution < 1.29 is 5.11 Å². The Morgan fingerprint density at radius 3 is 2.67 bits per heavy atom. The van der Waals surface area contributed by atoms with Crippen LogP contribution < -0.4 is 0 Å². The molecule has 0 saturated carbocycles. The van der Waals surface area contributed by atoms with E-state index in [4.69, 9.17) is 11.6 Å². The molecular weight excluding hydrogens is 314 g/mol. The summed E-state index contributed by atoms with van der Waals surface area (Å²) >= 11 is 9.37. The lowest BCUT2D eigenvalue weighted by Crippen LogP contribution is -2.09. The highest BCUT2D eigenvalue weighted by molar-refractivity contribution is 9.10. The number of aromatic nitrogens is 1. The summed E-state index contributed by atoms with van der Waals surface area (Å²) in [6, 6.07) is 11.2. The molecule has 2 aromatic rings. The van der Waals surface area contributed by atoms with E-state index in [0.29, 0.717) is 5.02 Å². The van der Waals surface area contributed by atoms with E-state index < -0.39 is 6.10 Å². The molecule has 1 heterocycles. The van der Waals surface area contributed by atoms with Gasteiger partial charge in [-0.15, -0.1) is 0 Å². The molecule has 0 spiro atoms. The molecule has 2 unspecified atom stereocenters. The largest absolute Gasteiger partial charge is 0.388 e. The second-order valence-electron chi connectivity index (χ2n) is 4.16. The van der Waals surface area contributed by atoms with Crippen molar-refractivity contribution in [3.8, 4) is 0 Å². The first-order valence-corrected chi connectivity index (χ1v) is 6.80. The molecule has 18 heavy (non-hydrogen) atoms. The highest BCUT2D eigenvalue weighted by Gasteiger charge is 2.19. The average molecular weight is 327 g/mol. The SMILES string of the molecule is CC(c1ccccn1)C(O)c1ccc(Br)c(Cl)c1. The van der Waals surface area contributed by atoms with Crippen molar-refractivity contribution in [3.63, 3.8) is 0 Å². The van der Waals surface area contributed by atoms with Crippen LogP contribution in [0.2, 0.25) is 5.02 Å². The Balaban J connectivity index is 2.25. The molecule has 0 aliphatic carbocycles. The molecule has 2 rings (SSSR count). The Labute approximate surface area is 120 Å². The fourth-order valence-corrected chi connectivity index (χ4v) is 2.23. The minimum atomic E-state index is -0.620. The van der Waals surface area contributed by atoms with E-state index >= 15 is 0 Å². The van der Waals surface area contributed by atoms with Crippen molar-refractivity contribution in [1.82, 2.24) is 4.98 Å². The van der Waals surface area contributed by atoms with Gasteiger partial charge in [-0.1, -0.05) is 30.7 Å². The summed E-state index contributed by atoms with van der Waals surface area (Å²) in [6.45, 7) is 1.95. The number of benzene rings is 1. The molecule has 0 radical (unpaired) electrons. The van der Waals surface area contributed by atoms with Crippen molar-refractivity contribution in [2.75, 3.05) is 0 Å². The van der Waals surface area contributed by atoms with Gasteiger partial charge in [0.2, 0.25) is 0 Å². The van der Waals surface area contributed by atoms with E-state index in [-0.39, 0.29) is 5.92 Å². The van der Waals surface area contributed by atoms with Gasteiger partial charge in [-0.2, -0.15) is 0 Å². The van der Waals surface area contributed by atoms with Crippen molar-refractivity contribution >= 4 is 27.5 Å². The molecule has 1 N–H and O–H groups in total. The summed E-state index contributed by atoms with van der Waals surface area (Å²) in [4.78, 5) is 4.26. The molecular formula is C14H13BrClNO. The van der Waals surface area contributed by atoms with E-state index in [1.54, 1.807) is 12.3 Å². The van der Waals surface area contributed by atoms with Gasteiger partial charge >= 0.3 is 0 Å². The third-order valence-electron chi connectivity index (χ3n) is 2.91. The van der Waals surface area contributed by atoms with E-state index in [1.165, 1.54) is 0 Å². The maximum absolute atomic E-state index is 10.3. The monoisotopic (exact) mass is 325 g/mol. The Kier molecular flexibility index (Phi) is 4.38. The van der Waals surface area contributed by atoms with Crippen LogP contribution in [0.4, 0.5) is 0 Å². The number of nitrogens with zero attached hydrogens (tertiary/aromatic N) is 1. The predicted molar refractivity (Wildman–Crippen MR) is 76.8 cm³/mol. The van der Waals surface area contributed by atoms with Crippen LogP contribution >= 0.6 is 27.5 Å². The third kappa shape index (κ3) is 2.91. The molecule has 1 aromatic carbocycles. The normalized spacial score (nSPS) is 14.2. The van der Waals surface area contributed by atoms with Crippen molar-refractivity contribution in [3.05, 3.63) is 63.3 Å². The molecule has 4 heteroatoms. The standard InChI is InChI=1S/C14H13BrClNO/c1-9(13-4-2-3-7-17-13)14(18)10-5-6-11(15)12(16)8-10/h2-9,14,18H,1H3. The van der Waals surface area contributed by atoms with Gasteiger partial charge in [0.1, 0.15) is 0 Å². The van der Waals surface area contributed by atoms with Crippen molar-refractivity contribution in [2.24, 2.45) is 0 Å². The van der Waals surface area contributed by atoms with E-state index in [9.17, 15) is 5.11 Å². The second kappa shape index (κ2) is 5.83. The van der Waals surface area contributed by atoms with E-state index in [1.807, 2.05) is 37.3 Å². The van der Waals surface area contributed by atoms with Gasteiger partial charge in [0.25, 0.3) is 0 Å². The summed E-state index contributed by atoms with van der Waals surface area (Å²) in [5.74, 6) is -0.0801. The fraction of sp³-hybridized carbons (Fsp3) is 0.214. The van der Waals surface area contributed by atoms with E-state index in [0.717, 1.165) is 15.7 Å². The van der Waals surface area contributed by atoms with Crippen LogP contribution in [0.1, 0.15) is 30.2 Å². The van der Waals surface area contributed by atoms with Crippen molar-refractivity contribution in [2.45, 2.75) is 18.9 Å². The van der Waals surface area contributed by atoms with Gasteiger partial charge in [0.05, 0.1) is 11.1 Å². The summed E-state index contributed by atoms with van der Waals surface area (Å²) in [6.07, 6.45) is 1.11. The van der Waals surface area contributed by atoms with Gasteiger partial charge in [-0.05, 0) is 45.8 Å². The molecule has 94 valence electrons. The maximum Gasteiger partial charge on any atom is 0.0871 e. The number of aliphatic hydroxyl groups excluding tert-OH is 1. The Hall–Kier alpha value is -0.900. The average Bonchev–Trinajstić information content (AvgIpc) is 2.41. The minimum Gasteiger partial charge on any atom is -0.388 e. The van der Waals surface area contributed by atoms with Crippen molar-refractivity contribution in [1.29, 1.82) is 0 Å². The van der Waals surface area contributed by atoms with Crippen LogP contribution in [-0.2, 0) is 0 Å². The summed E-state index contributed by atoms with van der Waals surface area (Å²) < 4.78 is 0.825. The Morgan fingerprint density at radius 1 is 1.28 bits per heavy atom. The van der Waals surface area contributed by atoms with Crippen LogP contribution in [0.15, 0.2) is 47.1 Å². The lowest BCUT2D eigenvalue weighted by molar-refractivity contribution is 0.150. The van der Waals surface area contributed by atoms with E-state index in [2.05, 4.69) is 20.9 Å². The quantitative estimate of drug-likeness (QED) is 0.910. The smallest absolute Gasteiger partial charge is 0.0871 e. The Bertz CT molecular complexity index is 533. The topological polar surface area (TPSA) is 33.1 Å². The summed E-state index contributed by atoms with van der Waals surface area (Å²) in [7, 11) is 0. The number of rotatable bonds is 3. The lowest BCUT2D eigenvalue weighted by Gasteiger charge is -2.19. The summed E-state index contributed by atoms with van der Waals surface area (Å²) in [5.41, 5.74) is 1.66. The number of aliphatic hydroxyl groups is 1. The zero-order chi connectivity index (χ0) is 13.1. The molecule has 1 aromatic heterocycles. The van der Waals surface area contributed by atoms with Gasteiger partial charge < -0.3 is 5.11 Å².